The maximum absolute atomic E-state index is 12.4. The largest absolute Gasteiger partial charge is 0.456 e. The lowest BCUT2D eigenvalue weighted by atomic mass is 10.1. The van der Waals surface area contributed by atoms with E-state index >= 15 is 0 Å². The molecule has 2 aromatic rings. The van der Waals surface area contributed by atoms with Crippen molar-refractivity contribution in [1.29, 1.82) is 0 Å². The first-order valence-electron chi connectivity index (χ1n) is 8.05. The highest BCUT2D eigenvalue weighted by Crippen LogP contribution is 2.27. The van der Waals surface area contributed by atoms with E-state index in [-0.39, 0.29) is 23.5 Å². The monoisotopic (exact) mass is 360 g/mol. The normalized spacial score (nSPS) is 12.5. The van der Waals surface area contributed by atoms with Gasteiger partial charge in [-0.05, 0) is 45.0 Å². The maximum atomic E-state index is 12.4. The smallest absolute Gasteiger partial charge is 0.338 e. The Labute approximate surface area is 152 Å². The van der Waals surface area contributed by atoms with E-state index in [4.69, 9.17) is 16.3 Å². The SMILES string of the molecule is CCC(=O)c1cc(C(=O)OC(C)(C)C)cc(C(Cl)c2ccccn2)n1. The lowest BCUT2D eigenvalue weighted by Gasteiger charge is -2.20. The molecule has 1 atom stereocenters. The zero-order valence-electron chi connectivity index (χ0n) is 14.7. The van der Waals surface area contributed by atoms with Crippen molar-refractivity contribution in [2.45, 2.75) is 45.1 Å². The van der Waals surface area contributed by atoms with Crippen molar-refractivity contribution in [2.24, 2.45) is 0 Å². The standard InChI is InChI=1S/C19H21ClN2O3/c1-5-16(23)14-10-12(18(24)25-19(2,3)4)11-15(22-14)17(20)13-8-6-7-9-21-13/h6-11,17H,5H2,1-4H3. The zero-order valence-corrected chi connectivity index (χ0v) is 15.5. The fourth-order valence-corrected chi connectivity index (χ4v) is 2.38. The molecule has 2 aromatic heterocycles. The van der Waals surface area contributed by atoms with E-state index in [9.17, 15) is 9.59 Å². The Morgan fingerprint density at radius 3 is 2.48 bits per heavy atom. The molecule has 0 fully saturated rings. The van der Waals surface area contributed by atoms with Crippen LogP contribution in [0.15, 0.2) is 36.5 Å². The number of hydrogen-bond donors (Lipinski definition) is 0. The van der Waals surface area contributed by atoms with E-state index in [0.717, 1.165) is 0 Å². The Bertz CT molecular complexity index is 770. The summed E-state index contributed by atoms with van der Waals surface area (Å²) in [5.41, 5.74) is 0.783. The summed E-state index contributed by atoms with van der Waals surface area (Å²) in [5.74, 6) is -0.692. The Morgan fingerprint density at radius 2 is 1.92 bits per heavy atom. The van der Waals surface area contributed by atoms with Crippen LogP contribution in [0.2, 0.25) is 0 Å². The van der Waals surface area contributed by atoms with Crippen molar-refractivity contribution >= 4 is 23.4 Å². The van der Waals surface area contributed by atoms with Crippen LogP contribution >= 0.6 is 11.6 Å². The van der Waals surface area contributed by atoms with Crippen LogP contribution in [-0.2, 0) is 4.74 Å². The molecule has 0 aromatic carbocycles. The summed E-state index contributed by atoms with van der Waals surface area (Å²) in [6.45, 7) is 7.08. The Morgan fingerprint density at radius 1 is 1.20 bits per heavy atom. The van der Waals surface area contributed by atoms with Crippen LogP contribution in [0, 0.1) is 0 Å². The number of ether oxygens (including phenoxy) is 1. The summed E-state index contributed by atoms with van der Waals surface area (Å²) in [6, 6.07) is 8.36. The summed E-state index contributed by atoms with van der Waals surface area (Å²) >= 11 is 6.47. The minimum atomic E-state index is -0.674. The number of carbonyl (C=O) groups excluding carboxylic acids is 2. The van der Waals surface area contributed by atoms with Crippen molar-refractivity contribution in [3.63, 3.8) is 0 Å². The van der Waals surface area contributed by atoms with Gasteiger partial charge in [0, 0.05) is 12.6 Å². The average molecular weight is 361 g/mol. The van der Waals surface area contributed by atoms with Gasteiger partial charge in [0.25, 0.3) is 0 Å². The second-order valence-electron chi connectivity index (χ2n) is 6.56. The number of rotatable bonds is 5. The van der Waals surface area contributed by atoms with Gasteiger partial charge in [-0.2, -0.15) is 0 Å². The number of pyridine rings is 2. The van der Waals surface area contributed by atoms with Gasteiger partial charge in [0.2, 0.25) is 0 Å². The van der Waals surface area contributed by atoms with E-state index < -0.39 is 16.9 Å². The van der Waals surface area contributed by atoms with Crippen LogP contribution in [0.25, 0.3) is 0 Å². The molecule has 0 N–H and O–H groups in total. The molecule has 0 saturated carbocycles. The lowest BCUT2D eigenvalue weighted by molar-refractivity contribution is 0.00692. The van der Waals surface area contributed by atoms with Crippen LogP contribution in [0.3, 0.4) is 0 Å². The summed E-state index contributed by atoms with van der Waals surface area (Å²) in [7, 11) is 0. The second kappa shape index (κ2) is 7.74. The molecule has 0 radical (unpaired) electrons. The third-order valence-corrected chi connectivity index (χ3v) is 3.74. The first-order valence-corrected chi connectivity index (χ1v) is 8.48. The average Bonchev–Trinajstić information content (AvgIpc) is 2.59. The quantitative estimate of drug-likeness (QED) is 0.450. The second-order valence-corrected chi connectivity index (χ2v) is 7.00. The molecule has 0 bridgehead atoms. The van der Waals surface area contributed by atoms with Gasteiger partial charge in [-0.3, -0.25) is 9.78 Å². The van der Waals surface area contributed by atoms with Crippen LogP contribution in [0.4, 0.5) is 0 Å². The Kier molecular flexibility index (Phi) is 5.90. The summed E-state index contributed by atoms with van der Waals surface area (Å²) < 4.78 is 5.40. The fourth-order valence-electron chi connectivity index (χ4n) is 2.14. The fraction of sp³-hybridized carbons (Fsp3) is 0.368. The van der Waals surface area contributed by atoms with Crippen molar-refractivity contribution in [1.82, 2.24) is 9.97 Å². The van der Waals surface area contributed by atoms with Gasteiger partial charge in [0.05, 0.1) is 17.0 Å². The van der Waals surface area contributed by atoms with Crippen molar-refractivity contribution in [3.05, 3.63) is 59.2 Å². The summed E-state index contributed by atoms with van der Waals surface area (Å²) in [6.07, 6.45) is 1.90. The first kappa shape index (κ1) is 19.1. The number of nitrogens with zero attached hydrogens (tertiary/aromatic N) is 2. The first-order chi connectivity index (χ1) is 11.7. The predicted molar refractivity (Wildman–Crippen MR) is 96.0 cm³/mol. The van der Waals surface area contributed by atoms with Crippen molar-refractivity contribution < 1.29 is 14.3 Å². The number of hydrogen-bond acceptors (Lipinski definition) is 5. The van der Waals surface area contributed by atoms with Crippen LogP contribution < -0.4 is 0 Å². The van der Waals surface area contributed by atoms with Gasteiger partial charge in [-0.1, -0.05) is 13.0 Å². The molecule has 0 aliphatic rings. The van der Waals surface area contributed by atoms with Crippen molar-refractivity contribution in [2.75, 3.05) is 0 Å². The molecule has 0 aliphatic heterocycles. The number of halogens is 1. The van der Waals surface area contributed by atoms with Gasteiger partial charge in [-0.25, -0.2) is 9.78 Å². The van der Waals surface area contributed by atoms with Gasteiger partial charge in [-0.15, -0.1) is 11.6 Å². The lowest BCUT2D eigenvalue weighted by Crippen LogP contribution is -2.24. The number of Topliss-reactive ketones (excluding diaryl/α,β-unsaturated/α-hetero) is 1. The molecule has 25 heavy (non-hydrogen) atoms. The molecule has 0 amide bonds. The number of alkyl halides is 1. The molecule has 2 heterocycles. The van der Waals surface area contributed by atoms with E-state index in [1.54, 1.807) is 52.1 Å². The van der Waals surface area contributed by atoms with E-state index in [0.29, 0.717) is 11.4 Å². The van der Waals surface area contributed by atoms with Gasteiger partial charge >= 0.3 is 5.97 Å². The molecule has 0 aliphatic carbocycles. The summed E-state index contributed by atoms with van der Waals surface area (Å²) in [5, 5.41) is -0.674. The maximum Gasteiger partial charge on any atom is 0.338 e. The summed E-state index contributed by atoms with van der Waals surface area (Å²) in [4.78, 5) is 33.1. The van der Waals surface area contributed by atoms with Crippen LogP contribution in [0.5, 0.6) is 0 Å². The number of carbonyl (C=O) groups is 2. The molecule has 0 saturated heterocycles. The van der Waals surface area contributed by atoms with Gasteiger partial charge in [0.15, 0.2) is 5.78 Å². The molecule has 132 valence electrons. The van der Waals surface area contributed by atoms with Gasteiger partial charge in [0.1, 0.15) is 16.7 Å². The molecule has 6 heteroatoms. The van der Waals surface area contributed by atoms with E-state index in [1.165, 1.54) is 6.07 Å². The number of esters is 1. The third kappa shape index (κ3) is 5.10. The number of aromatic nitrogens is 2. The highest BCUT2D eigenvalue weighted by Gasteiger charge is 2.23. The zero-order chi connectivity index (χ0) is 18.6. The molecule has 1 unspecified atom stereocenters. The number of ketones is 1. The minimum absolute atomic E-state index is 0.170. The highest BCUT2D eigenvalue weighted by atomic mass is 35.5. The van der Waals surface area contributed by atoms with Crippen LogP contribution in [-0.4, -0.2) is 27.3 Å². The van der Waals surface area contributed by atoms with E-state index in [2.05, 4.69) is 9.97 Å². The molecule has 0 spiro atoms. The Hall–Kier alpha value is -2.27. The predicted octanol–water partition coefficient (Wildman–Crippen LogP) is 4.35. The van der Waals surface area contributed by atoms with Crippen LogP contribution in [0.1, 0.15) is 71.7 Å². The molecular weight excluding hydrogens is 340 g/mol. The molecular formula is C19H21ClN2O3. The third-order valence-electron chi connectivity index (χ3n) is 3.29. The Balaban J connectivity index is 2.47. The highest BCUT2D eigenvalue weighted by molar-refractivity contribution is 6.22. The van der Waals surface area contributed by atoms with Crippen molar-refractivity contribution in [3.8, 4) is 0 Å². The molecule has 5 nitrogen and oxygen atoms in total. The topological polar surface area (TPSA) is 69.2 Å². The minimum Gasteiger partial charge on any atom is -0.456 e. The van der Waals surface area contributed by atoms with E-state index in [1.807, 2.05) is 6.07 Å². The molecule has 2 rings (SSSR count). The van der Waals surface area contributed by atoms with Gasteiger partial charge < -0.3 is 4.74 Å².